The van der Waals surface area contributed by atoms with Gasteiger partial charge in [0.15, 0.2) is 12.6 Å². The topological polar surface area (TPSA) is 281 Å². The molecule has 18 nitrogen and oxygen atoms in total. The van der Waals surface area contributed by atoms with E-state index in [0.717, 1.165) is 6.42 Å². The van der Waals surface area contributed by atoms with Crippen molar-refractivity contribution in [2.24, 2.45) is 52.3 Å². The molecule has 0 spiro atoms. The number of hydrogen-bond acceptors (Lipinski definition) is 17. The fraction of sp³-hybridized carbons (Fsp3) is 1.00. The van der Waals surface area contributed by atoms with Gasteiger partial charge in [-0.2, -0.15) is 8.42 Å². The van der Waals surface area contributed by atoms with Crippen molar-refractivity contribution in [3.05, 3.63) is 0 Å². The molecule has 2 heterocycles. The Hall–Kier alpha value is -0.690. The lowest BCUT2D eigenvalue weighted by Crippen LogP contribution is -2.71. The smallest absolute Gasteiger partial charge is 0.390 e. The zero-order valence-electron chi connectivity index (χ0n) is 35.9. The molecule has 4 saturated carbocycles. The Morgan fingerprint density at radius 3 is 2.03 bits per heavy atom. The highest BCUT2D eigenvalue weighted by Crippen LogP contribution is 2.70. The van der Waals surface area contributed by atoms with Gasteiger partial charge in [-0.15, -0.1) is 0 Å². The number of hydrogen-bond donors (Lipinski definition) is 9. The second kappa shape index (κ2) is 18.7. The van der Waals surface area contributed by atoms with E-state index < -0.39 is 130 Å². The van der Waals surface area contributed by atoms with Crippen LogP contribution in [0.1, 0.15) is 86.0 Å². The third-order valence-corrected chi connectivity index (χ3v) is 16.6. The summed E-state index contributed by atoms with van der Waals surface area (Å²) in [5.41, 5.74) is -3.41. The van der Waals surface area contributed by atoms with Gasteiger partial charge in [0, 0.05) is 32.5 Å². The summed E-state index contributed by atoms with van der Waals surface area (Å²) in [4.78, 5) is 0. The van der Waals surface area contributed by atoms with E-state index in [1.54, 1.807) is 0 Å². The van der Waals surface area contributed by atoms with Crippen LogP contribution in [0.5, 0.6) is 0 Å². The fourth-order valence-corrected chi connectivity index (χ4v) is 13.7. The maximum Gasteiger partial charge on any atom is 0.397 e. The Morgan fingerprint density at radius 1 is 0.733 bits per heavy atom. The van der Waals surface area contributed by atoms with Gasteiger partial charge in [-0.1, -0.05) is 41.0 Å². The van der Waals surface area contributed by atoms with Crippen LogP contribution in [0.15, 0.2) is 0 Å². The van der Waals surface area contributed by atoms with Gasteiger partial charge in [0.1, 0.15) is 36.6 Å². The first kappa shape index (κ1) is 48.8. The zero-order chi connectivity index (χ0) is 44.3. The van der Waals surface area contributed by atoms with E-state index in [1.807, 2.05) is 20.8 Å². The minimum absolute atomic E-state index is 0.0399. The predicted molar refractivity (Wildman–Crippen MR) is 210 cm³/mol. The molecule has 22 atom stereocenters. The molecule has 6 rings (SSSR count). The van der Waals surface area contributed by atoms with E-state index in [4.69, 9.17) is 32.6 Å². The van der Waals surface area contributed by atoms with Gasteiger partial charge in [0.25, 0.3) is 0 Å². The standard InChI is InChI=1S/C41H72O18S/c1-19(2)21(12-15-55-37-35(31(46)25(53-6)18-57-37)58-38-34(54-7)30(45)23(43)17-56-38)9-8-20(3)27-32(47)33(48)36-40(27,5)14-11-26-39(4)13-10-22(42)29(44)28(39)24(16-41(26,36)49)59-60(50,51)52/h19-38,42-49H,8-18H2,1-7H3,(H,50,51,52)/t20-,21-,22+,23-,24+,25-,26-,27+,28+,29+,30+,31+,32-,33-,34-,35-,36-,37-,38+,39-,40-,41+/m1/s1. The highest BCUT2D eigenvalue weighted by Gasteiger charge is 2.74. The first-order chi connectivity index (χ1) is 28.0. The van der Waals surface area contributed by atoms with E-state index in [0.29, 0.717) is 32.1 Å². The van der Waals surface area contributed by atoms with Crippen molar-refractivity contribution in [3.8, 4) is 0 Å². The molecule has 0 radical (unpaired) electrons. The number of rotatable bonds is 15. The largest absolute Gasteiger partial charge is 0.397 e. The van der Waals surface area contributed by atoms with Crippen LogP contribution in [0, 0.1) is 52.3 Å². The molecule has 6 fully saturated rings. The monoisotopic (exact) mass is 884 g/mol. The van der Waals surface area contributed by atoms with Crippen LogP contribution < -0.4 is 0 Å². The molecule has 9 N–H and O–H groups in total. The summed E-state index contributed by atoms with van der Waals surface area (Å²) >= 11 is 0. The number of aliphatic hydroxyl groups excluding tert-OH is 7. The molecular weight excluding hydrogens is 813 g/mol. The van der Waals surface area contributed by atoms with Gasteiger partial charge in [0.2, 0.25) is 0 Å². The predicted octanol–water partition coefficient (Wildman–Crippen LogP) is 0.137. The third-order valence-electron chi connectivity index (χ3n) is 16.1. The Bertz CT molecular complexity index is 1540. The van der Waals surface area contributed by atoms with E-state index in [1.165, 1.54) is 14.2 Å². The van der Waals surface area contributed by atoms with Crippen LogP contribution in [0.4, 0.5) is 0 Å². The Labute approximate surface area is 353 Å². The lowest BCUT2D eigenvalue weighted by Gasteiger charge is -2.66. The minimum atomic E-state index is -5.03. The van der Waals surface area contributed by atoms with Crippen molar-refractivity contribution in [3.63, 3.8) is 0 Å². The van der Waals surface area contributed by atoms with Crippen molar-refractivity contribution in [2.45, 2.75) is 171 Å². The fourth-order valence-electron chi connectivity index (χ4n) is 13.2. The second-order valence-electron chi connectivity index (χ2n) is 19.7. The summed E-state index contributed by atoms with van der Waals surface area (Å²) < 4.78 is 73.9. The molecule has 0 amide bonds. The molecule has 6 aliphatic rings. The summed E-state index contributed by atoms with van der Waals surface area (Å²) in [5, 5.41) is 90.2. The molecule has 350 valence electrons. The van der Waals surface area contributed by atoms with Crippen molar-refractivity contribution < 1.29 is 86.4 Å². The molecule has 4 aliphatic carbocycles. The van der Waals surface area contributed by atoms with E-state index in [-0.39, 0.29) is 50.4 Å². The summed E-state index contributed by atoms with van der Waals surface area (Å²) in [5.74, 6) is -2.48. The molecule has 0 aromatic carbocycles. The lowest BCUT2D eigenvalue weighted by atomic mass is 9.41. The van der Waals surface area contributed by atoms with E-state index in [2.05, 4.69) is 13.8 Å². The second-order valence-corrected chi connectivity index (χ2v) is 20.8. The van der Waals surface area contributed by atoms with Crippen LogP contribution in [0.3, 0.4) is 0 Å². The van der Waals surface area contributed by atoms with Crippen molar-refractivity contribution >= 4 is 10.4 Å². The Balaban J connectivity index is 1.13. The molecular formula is C41H72O18S. The molecule has 0 unspecified atom stereocenters. The summed E-state index contributed by atoms with van der Waals surface area (Å²) in [7, 11) is -2.24. The lowest BCUT2D eigenvalue weighted by molar-refractivity contribution is -0.346. The molecule has 2 saturated heterocycles. The minimum Gasteiger partial charge on any atom is -0.390 e. The molecule has 0 bridgehead atoms. The maximum atomic E-state index is 12.9. The maximum absolute atomic E-state index is 12.9. The van der Waals surface area contributed by atoms with Crippen LogP contribution in [0.25, 0.3) is 0 Å². The van der Waals surface area contributed by atoms with Gasteiger partial charge < -0.3 is 69.3 Å². The highest BCUT2D eigenvalue weighted by atomic mass is 32.3. The van der Waals surface area contributed by atoms with Crippen LogP contribution in [-0.4, -0.2) is 173 Å². The average Bonchev–Trinajstić information content (AvgIpc) is 3.37. The van der Waals surface area contributed by atoms with Gasteiger partial charge in [-0.25, -0.2) is 4.18 Å². The Morgan fingerprint density at radius 2 is 1.40 bits per heavy atom. The van der Waals surface area contributed by atoms with Crippen LogP contribution in [0.2, 0.25) is 0 Å². The van der Waals surface area contributed by atoms with Gasteiger partial charge in [-0.3, -0.25) is 4.55 Å². The normalized spacial score (nSPS) is 49.5. The quantitative estimate of drug-likeness (QED) is 0.0989. The van der Waals surface area contributed by atoms with Crippen molar-refractivity contribution in [1.82, 2.24) is 0 Å². The number of fused-ring (bicyclic) bond motifs is 5. The average molecular weight is 885 g/mol. The Kier molecular flexibility index (Phi) is 15.2. The van der Waals surface area contributed by atoms with Crippen molar-refractivity contribution in [1.29, 1.82) is 0 Å². The van der Waals surface area contributed by atoms with Gasteiger partial charge in [0.05, 0.1) is 55.9 Å². The summed E-state index contributed by atoms with van der Waals surface area (Å²) in [6, 6.07) is 0. The first-order valence-electron chi connectivity index (χ1n) is 21.7. The van der Waals surface area contributed by atoms with Crippen LogP contribution >= 0.6 is 0 Å². The number of methoxy groups -OCH3 is 2. The third kappa shape index (κ3) is 8.97. The molecule has 2 aliphatic heterocycles. The first-order valence-corrected chi connectivity index (χ1v) is 23.1. The SMILES string of the molecule is CO[C@H]1[C@H](O[C@H]2[C@H](OCC[C@@H](CC[C@@H](C)[C@H]3[C@@H](O)[C@@H](O)[C@@H]4[C@]3(C)CC[C@@H]3[C@@]5(C)CC[C@H](O)[C@H](O)[C@@H]5[C@@H](OS(=O)(=O)O)C[C@]34O)C(C)C)OC[C@@H](OC)[C@@H]2O)OC[C@@H](O)[C@@H]1O. The van der Waals surface area contributed by atoms with E-state index >= 15 is 0 Å². The van der Waals surface area contributed by atoms with Gasteiger partial charge in [-0.05, 0) is 78.9 Å². The highest BCUT2D eigenvalue weighted by molar-refractivity contribution is 7.80. The van der Waals surface area contributed by atoms with E-state index in [9.17, 15) is 53.8 Å². The molecule has 0 aromatic rings. The number of ether oxygens (including phenoxy) is 6. The van der Waals surface area contributed by atoms with Crippen LogP contribution in [-0.2, 0) is 43.0 Å². The van der Waals surface area contributed by atoms with Gasteiger partial charge >= 0.3 is 10.4 Å². The molecule has 0 aromatic heterocycles. The summed E-state index contributed by atoms with van der Waals surface area (Å²) in [6.07, 6.45) is -11.8. The molecule has 19 heteroatoms. The molecule has 60 heavy (non-hydrogen) atoms. The van der Waals surface area contributed by atoms with Crippen molar-refractivity contribution in [2.75, 3.05) is 34.0 Å². The zero-order valence-corrected chi connectivity index (χ0v) is 36.7. The summed E-state index contributed by atoms with van der Waals surface area (Å²) in [6.45, 7) is 10.2. The number of aliphatic hydroxyl groups is 8.